The molecule has 18 heavy (non-hydrogen) atoms. The van der Waals surface area contributed by atoms with E-state index in [1.165, 1.54) is 11.3 Å². The number of hydrogen-bond donors (Lipinski definition) is 2. The normalized spacial score (nSPS) is 10.3. The molecule has 0 saturated carbocycles. The van der Waals surface area contributed by atoms with Crippen molar-refractivity contribution in [3.8, 4) is 0 Å². The van der Waals surface area contributed by atoms with Crippen LogP contribution in [0.15, 0.2) is 30.5 Å². The highest BCUT2D eigenvalue weighted by molar-refractivity contribution is 7.16. The molecule has 94 valence electrons. The zero-order valence-corrected chi connectivity index (χ0v) is 11.1. The number of nitrogens with zero attached hydrogens (tertiary/aromatic N) is 1. The van der Waals surface area contributed by atoms with Gasteiger partial charge in [0.2, 0.25) is 0 Å². The number of rotatable bonds is 4. The van der Waals surface area contributed by atoms with Crippen LogP contribution in [-0.4, -0.2) is 17.4 Å². The summed E-state index contributed by atoms with van der Waals surface area (Å²) in [6.07, 6.45) is 2.31. The summed E-state index contributed by atoms with van der Waals surface area (Å²) in [4.78, 5) is 16.8. The third-order valence-electron chi connectivity index (χ3n) is 2.37. The Morgan fingerprint density at radius 2 is 2.28 bits per heavy atom. The lowest BCUT2D eigenvalue weighted by Crippen LogP contribution is -2.26. The van der Waals surface area contributed by atoms with Crippen molar-refractivity contribution < 1.29 is 4.79 Å². The molecule has 0 unspecified atom stereocenters. The number of thiophene rings is 1. The average molecular weight is 282 g/mol. The summed E-state index contributed by atoms with van der Waals surface area (Å²) in [5.74, 6) is 0.0393. The third kappa shape index (κ3) is 3.21. The summed E-state index contributed by atoms with van der Waals surface area (Å²) < 4.78 is 0.757. The van der Waals surface area contributed by atoms with Crippen LogP contribution < -0.4 is 11.1 Å². The van der Waals surface area contributed by atoms with Crippen LogP contribution in [-0.2, 0) is 6.42 Å². The maximum absolute atomic E-state index is 11.8. The molecule has 1 amide bonds. The largest absolute Gasteiger partial charge is 0.383 e. The molecule has 0 aromatic carbocycles. The molecule has 4 nitrogen and oxygen atoms in total. The smallest absolute Gasteiger partial charge is 0.255 e. The fourth-order valence-corrected chi connectivity index (χ4v) is 2.58. The minimum Gasteiger partial charge on any atom is -0.383 e. The highest BCUT2D eigenvalue weighted by atomic mass is 35.5. The van der Waals surface area contributed by atoms with E-state index in [1.54, 1.807) is 18.3 Å². The van der Waals surface area contributed by atoms with Crippen LogP contribution in [0.1, 0.15) is 15.2 Å². The van der Waals surface area contributed by atoms with Gasteiger partial charge in [-0.3, -0.25) is 4.79 Å². The number of pyridine rings is 1. The van der Waals surface area contributed by atoms with Crippen LogP contribution >= 0.6 is 22.9 Å². The van der Waals surface area contributed by atoms with Crippen LogP contribution in [0.4, 0.5) is 5.82 Å². The number of nitrogens with two attached hydrogens (primary N) is 1. The van der Waals surface area contributed by atoms with E-state index in [-0.39, 0.29) is 11.7 Å². The van der Waals surface area contributed by atoms with Gasteiger partial charge in [0.25, 0.3) is 5.91 Å². The van der Waals surface area contributed by atoms with Gasteiger partial charge < -0.3 is 11.1 Å². The predicted molar refractivity (Wildman–Crippen MR) is 74.0 cm³/mol. The van der Waals surface area contributed by atoms with Crippen molar-refractivity contribution in [2.45, 2.75) is 6.42 Å². The van der Waals surface area contributed by atoms with Gasteiger partial charge in [0.05, 0.1) is 9.90 Å². The first kappa shape index (κ1) is 12.9. The van der Waals surface area contributed by atoms with Crippen LogP contribution in [0.3, 0.4) is 0 Å². The average Bonchev–Trinajstić information content (AvgIpc) is 2.75. The van der Waals surface area contributed by atoms with E-state index in [4.69, 9.17) is 17.3 Å². The fraction of sp³-hybridized carbons (Fsp3) is 0.167. The number of halogens is 1. The first-order chi connectivity index (χ1) is 8.66. The molecule has 2 heterocycles. The topological polar surface area (TPSA) is 68.0 Å². The van der Waals surface area contributed by atoms with E-state index in [0.29, 0.717) is 12.1 Å². The lowest BCUT2D eigenvalue weighted by atomic mass is 10.2. The minimum absolute atomic E-state index is 0.205. The lowest BCUT2D eigenvalue weighted by Gasteiger charge is -2.05. The van der Waals surface area contributed by atoms with Gasteiger partial charge in [0.15, 0.2) is 0 Å². The molecule has 0 atom stereocenters. The molecule has 2 rings (SSSR count). The van der Waals surface area contributed by atoms with Crippen molar-refractivity contribution in [1.29, 1.82) is 0 Å². The Labute approximate surface area is 114 Å². The summed E-state index contributed by atoms with van der Waals surface area (Å²) in [7, 11) is 0. The van der Waals surface area contributed by atoms with Crippen molar-refractivity contribution >= 4 is 34.7 Å². The molecule has 2 aromatic heterocycles. The lowest BCUT2D eigenvalue weighted by molar-refractivity contribution is 0.0955. The Morgan fingerprint density at radius 3 is 2.94 bits per heavy atom. The van der Waals surface area contributed by atoms with E-state index < -0.39 is 0 Å². The molecule has 0 aliphatic heterocycles. The Balaban J connectivity index is 1.87. The number of nitrogen functional groups attached to an aromatic ring is 1. The van der Waals surface area contributed by atoms with Gasteiger partial charge in [-0.05, 0) is 30.7 Å². The Bertz CT molecular complexity index is 556. The molecule has 0 fully saturated rings. The Morgan fingerprint density at radius 1 is 1.44 bits per heavy atom. The van der Waals surface area contributed by atoms with Crippen molar-refractivity contribution in [2.24, 2.45) is 0 Å². The molecular weight excluding hydrogens is 270 g/mol. The molecule has 0 saturated heterocycles. The van der Waals surface area contributed by atoms with E-state index in [1.807, 2.05) is 12.1 Å². The van der Waals surface area contributed by atoms with Crippen molar-refractivity contribution in [2.75, 3.05) is 12.3 Å². The molecule has 6 heteroatoms. The van der Waals surface area contributed by atoms with Gasteiger partial charge in [-0.1, -0.05) is 11.6 Å². The van der Waals surface area contributed by atoms with Crippen LogP contribution in [0.25, 0.3) is 0 Å². The van der Waals surface area contributed by atoms with E-state index in [2.05, 4.69) is 10.3 Å². The van der Waals surface area contributed by atoms with E-state index in [0.717, 1.165) is 15.6 Å². The van der Waals surface area contributed by atoms with E-state index >= 15 is 0 Å². The minimum atomic E-state index is -0.205. The molecule has 0 bridgehead atoms. The second-order valence-corrected chi connectivity index (χ2v) is 5.45. The summed E-state index contributed by atoms with van der Waals surface area (Å²) in [6.45, 7) is 0.546. The number of carbonyl (C=O) groups is 1. The van der Waals surface area contributed by atoms with Crippen molar-refractivity contribution in [3.63, 3.8) is 0 Å². The number of hydrogen-bond acceptors (Lipinski definition) is 4. The molecule has 2 aromatic rings. The molecular formula is C12H12ClN3OS. The Hall–Kier alpha value is -1.59. The highest BCUT2D eigenvalue weighted by Crippen LogP contribution is 2.21. The van der Waals surface area contributed by atoms with Crippen molar-refractivity contribution in [3.05, 3.63) is 45.2 Å². The zero-order chi connectivity index (χ0) is 13.0. The SMILES string of the molecule is Nc1ncccc1C(=O)NCCc1ccc(Cl)s1. The number of amides is 1. The van der Waals surface area contributed by atoms with Crippen LogP contribution in [0.2, 0.25) is 4.34 Å². The van der Waals surface area contributed by atoms with Gasteiger partial charge in [-0.25, -0.2) is 4.98 Å². The highest BCUT2D eigenvalue weighted by Gasteiger charge is 2.09. The fourth-order valence-electron chi connectivity index (χ4n) is 1.49. The second-order valence-electron chi connectivity index (χ2n) is 3.65. The second kappa shape index (κ2) is 5.84. The standard InChI is InChI=1S/C12H12ClN3OS/c13-10-4-3-8(18-10)5-7-16-12(17)9-2-1-6-15-11(9)14/h1-4,6H,5,7H2,(H2,14,15)(H,16,17). The molecule has 0 radical (unpaired) electrons. The Kier molecular flexibility index (Phi) is 4.17. The monoisotopic (exact) mass is 281 g/mol. The molecule has 0 spiro atoms. The molecule has 0 aliphatic carbocycles. The summed E-state index contributed by atoms with van der Waals surface area (Å²) in [6, 6.07) is 7.14. The van der Waals surface area contributed by atoms with Gasteiger partial charge in [0.1, 0.15) is 5.82 Å². The maximum atomic E-state index is 11.8. The zero-order valence-electron chi connectivity index (χ0n) is 9.52. The van der Waals surface area contributed by atoms with Gasteiger partial charge in [-0.2, -0.15) is 0 Å². The van der Waals surface area contributed by atoms with Gasteiger partial charge >= 0.3 is 0 Å². The number of carbonyl (C=O) groups excluding carboxylic acids is 1. The first-order valence-corrected chi connectivity index (χ1v) is 6.59. The summed E-state index contributed by atoms with van der Waals surface area (Å²) in [5.41, 5.74) is 6.02. The quantitative estimate of drug-likeness (QED) is 0.904. The number of nitrogens with one attached hydrogen (secondary N) is 1. The number of aromatic nitrogens is 1. The van der Waals surface area contributed by atoms with E-state index in [9.17, 15) is 4.79 Å². The van der Waals surface area contributed by atoms with Crippen LogP contribution in [0, 0.1) is 0 Å². The predicted octanol–water partition coefficient (Wildman–Crippen LogP) is 2.35. The molecule has 3 N–H and O–H groups in total. The van der Waals surface area contributed by atoms with Gasteiger partial charge in [-0.15, -0.1) is 11.3 Å². The third-order valence-corrected chi connectivity index (χ3v) is 3.66. The maximum Gasteiger partial charge on any atom is 0.255 e. The molecule has 0 aliphatic rings. The van der Waals surface area contributed by atoms with Gasteiger partial charge in [0, 0.05) is 17.6 Å². The first-order valence-electron chi connectivity index (χ1n) is 5.39. The summed E-state index contributed by atoms with van der Waals surface area (Å²) >= 11 is 7.34. The van der Waals surface area contributed by atoms with Crippen molar-refractivity contribution in [1.82, 2.24) is 10.3 Å². The summed E-state index contributed by atoms with van der Waals surface area (Å²) in [5, 5.41) is 2.80. The number of anilines is 1. The van der Waals surface area contributed by atoms with Crippen LogP contribution in [0.5, 0.6) is 0 Å².